The molecule has 0 saturated heterocycles. The monoisotopic (exact) mass is 478 g/mol. The summed E-state index contributed by atoms with van der Waals surface area (Å²) in [7, 11) is 0. The van der Waals surface area contributed by atoms with Crippen molar-refractivity contribution >= 4 is 5.97 Å². The Morgan fingerprint density at radius 3 is 1.78 bits per heavy atom. The molecule has 0 saturated carbocycles. The number of aliphatic hydroxyl groups is 3. The summed E-state index contributed by atoms with van der Waals surface area (Å²) >= 11 is 0. The Balaban J connectivity index is 2.57. The van der Waals surface area contributed by atoms with Crippen molar-refractivity contribution in [2.45, 2.75) is 18.9 Å². The number of rotatable bonds is 7. The molecule has 0 aliphatic carbocycles. The first-order valence-electron chi connectivity index (χ1n) is 7.70. The molecule has 4 N–H and O–H groups in total. The lowest BCUT2D eigenvalue weighted by Crippen LogP contribution is -2.34. The quantitative estimate of drug-likeness (QED) is 0.350. The summed E-state index contributed by atoms with van der Waals surface area (Å²) < 4.78 is 104. The van der Waals surface area contributed by atoms with Gasteiger partial charge in [-0.05, 0) is 12.1 Å². The lowest BCUT2D eigenvalue weighted by atomic mass is 10.1. The summed E-state index contributed by atoms with van der Waals surface area (Å²) in [5.41, 5.74) is -1.33. The predicted molar refractivity (Wildman–Crippen MR) is 83.3 cm³/mol. The second-order valence-corrected chi connectivity index (χ2v) is 5.57. The summed E-state index contributed by atoms with van der Waals surface area (Å²) in [6, 6.07) is 1.71. The van der Waals surface area contributed by atoms with E-state index in [2.05, 4.69) is 14.2 Å². The zero-order valence-corrected chi connectivity index (χ0v) is 14.9. The number of halogens is 7. The van der Waals surface area contributed by atoms with Gasteiger partial charge in [0.1, 0.15) is 28.6 Å². The minimum Gasteiger partial charge on any atom is -0.477 e. The molecule has 0 unspecified atom stereocenters. The molecule has 0 fully saturated rings. The van der Waals surface area contributed by atoms with Crippen LogP contribution in [-0.4, -0.2) is 45.3 Å². The van der Waals surface area contributed by atoms with E-state index in [1.165, 1.54) is 0 Å². The van der Waals surface area contributed by atoms with Gasteiger partial charge in [-0.25, -0.2) is 9.18 Å². The third-order valence-corrected chi connectivity index (χ3v) is 3.09. The molecule has 0 aromatic heterocycles. The van der Waals surface area contributed by atoms with Crippen molar-refractivity contribution in [2.24, 2.45) is 0 Å². The van der Waals surface area contributed by atoms with Gasteiger partial charge in [-0.3, -0.25) is 0 Å². The van der Waals surface area contributed by atoms with Gasteiger partial charge in [0, 0.05) is 18.2 Å². The second-order valence-electron chi connectivity index (χ2n) is 5.57. The highest BCUT2D eigenvalue weighted by Crippen LogP contribution is 2.40. The van der Waals surface area contributed by atoms with E-state index in [0.29, 0.717) is 12.1 Å². The molecule has 32 heavy (non-hydrogen) atoms. The highest BCUT2D eigenvalue weighted by Gasteiger charge is 2.34. The van der Waals surface area contributed by atoms with Crippen molar-refractivity contribution in [3.8, 4) is 28.7 Å². The molecule has 0 bridgehead atoms. The van der Waals surface area contributed by atoms with Crippen molar-refractivity contribution in [1.29, 1.82) is 0 Å². The Morgan fingerprint density at radius 2 is 1.28 bits per heavy atom. The molecule has 0 radical (unpaired) electrons. The first kappa shape index (κ1) is 24.8. The van der Waals surface area contributed by atoms with Crippen molar-refractivity contribution in [1.82, 2.24) is 0 Å². The number of carboxylic acid groups (broad SMARTS) is 1. The van der Waals surface area contributed by atoms with Crippen LogP contribution in [-0.2, 0) is 0 Å². The Bertz CT molecular complexity index is 997. The number of benzene rings is 2. The molecule has 2 aromatic carbocycles. The van der Waals surface area contributed by atoms with E-state index in [-0.39, 0.29) is 18.2 Å². The van der Waals surface area contributed by atoms with Crippen LogP contribution in [0.15, 0.2) is 30.3 Å². The van der Waals surface area contributed by atoms with Crippen LogP contribution in [0.5, 0.6) is 28.7 Å². The minimum absolute atomic E-state index is 0.0711. The van der Waals surface area contributed by atoms with E-state index in [4.69, 9.17) is 25.2 Å². The zero-order valence-electron chi connectivity index (χ0n) is 14.9. The maximum atomic E-state index is 14.1. The fraction of sp³-hybridized carbons (Fsp3) is 0.188. The fourth-order valence-electron chi connectivity index (χ4n) is 2.15. The number of alkyl halides is 6. The van der Waals surface area contributed by atoms with Crippen LogP contribution in [0, 0.1) is 5.82 Å². The number of carbonyl (C=O) groups is 1. The van der Waals surface area contributed by atoms with Crippen LogP contribution in [0.3, 0.4) is 0 Å². The largest absolute Gasteiger partial charge is 0.573 e. The summed E-state index contributed by atoms with van der Waals surface area (Å²) in [5.74, 6) is -9.32. The molecule has 9 nitrogen and oxygen atoms in total. The maximum absolute atomic E-state index is 14.1. The van der Waals surface area contributed by atoms with Crippen molar-refractivity contribution in [3.05, 3.63) is 41.7 Å². The molecular formula is C16H9F7O9. The van der Waals surface area contributed by atoms with E-state index in [1.54, 1.807) is 0 Å². The van der Waals surface area contributed by atoms with Gasteiger partial charge in [0.15, 0.2) is 11.5 Å². The van der Waals surface area contributed by atoms with Gasteiger partial charge in [0.25, 0.3) is 0 Å². The zero-order chi connectivity index (χ0) is 24.5. The number of ether oxygens (including phenoxy) is 4. The molecular weight excluding hydrogens is 469 g/mol. The molecule has 176 valence electrons. The molecule has 2 aromatic rings. The molecule has 0 amide bonds. The van der Waals surface area contributed by atoms with Crippen molar-refractivity contribution < 1.29 is 74.9 Å². The van der Waals surface area contributed by atoms with Gasteiger partial charge in [-0.15, -0.1) is 26.3 Å². The van der Waals surface area contributed by atoms with Crippen molar-refractivity contribution in [2.75, 3.05) is 0 Å². The van der Waals surface area contributed by atoms with Gasteiger partial charge >= 0.3 is 24.9 Å². The molecule has 16 heteroatoms. The number of carboxylic acids is 1. The van der Waals surface area contributed by atoms with Crippen LogP contribution >= 0.6 is 0 Å². The van der Waals surface area contributed by atoms with E-state index < -0.39 is 65.0 Å². The first-order valence-corrected chi connectivity index (χ1v) is 7.70. The van der Waals surface area contributed by atoms with Crippen LogP contribution < -0.4 is 18.9 Å². The Labute approximate surface area is 171 Å². The van der Waals surface area contributed by atoms with Crippen LogP contribution in [0.25, 0.3) is 0 Å². The minimum atomic E-state index is -5.32. The highest BCUT2D eigenvalue weighted by molar-refractivity contribution is 5.91. The number of hydrogen-bond donors (Lipinski definition) is 4. The van der Waals surface area contributed by atoms with Gasteiger partial charge in [-0.2, -0.15) is 0 Å². The van der Waals surface area contributed by atoms with Gasteiger partial charge < -0.3 is 39.4 Å². The second kappa shape index (κ2) is 8.56. The lowest BCUT2D eigenvalue weighted by molar-refractivity contribution is -0.419. The Kier molecular flexibility index (Phi) is 6.62. The van der Waals surface area contributed by atoms with Crippen LogP contribution in [0.1, 0.15) is 10.4 Å². The predicted octanol–water partition coefficient (Wildman–Crippen LogP) is 3.08. The molecule has 0 heterocycles. The lowest BCUT2D eigenvalue weighted by Gasteiger charge is -2.20. The normalized spacial score (nSPS) is 12.3. The van der Waals surface area contributed by atoms with E-state index in [1.807, 2.05) is 0 Å². The average molecular weight is 478 g/mol. The summed E-state index contributed by atoms with van der Waals surface area (Å²) in [4.78, 5) is 11.3. The number of aromatic carboxylic acids is 1. The van der Waals surface area contributed by atoms with Crippen molar-refractivity contribution in [3.63, 3.8) is 0 Å². The first-order chi connectivity index (χ1) is 14.4. The molecule has 0 aliphatic heterocycles. The maximum Gasteiger partial charge on any atom is 0.573 e. The highest BCUT2D eigenvalue weighted by atomic mass is 19.4. The molecule has 0 aliphatic rings. The molecule has 2 rings (SSSR count). The third kappa shape index (κ3) is 7.33. The topological polar surface area (TPSA) is 135 Å². The summed E-state index contributed by atoms with van der Waals surface area (Å²) in [6.45, 7) is 0. The average Bonchev–Trinajstić information content (AvgIpc) is 2.51. The Hall–Kier alpha value is -3.50. The van der Waals surface area contributed by atoms with E-state index in [9.17, 15) is 35.5 Å². The Morgan fingerprint density at radius 1 is 0.750 bits per heavy atom. The van der Waals surface area contributed by atoms with Gasteiger partial charge in [0.05, 0.1) is 0 Å². The van der Waals surface area contributed by atoms with E-state index >= 15 is 0 Å². The number of hydrogen-bond acceptors (Lipinski definition) is 8. The molecule has 0 spiro atoms. The summed E-state index contributed by atoms with van der Waals surface area (Å²) in [6.07, 6.45) is -14.5. The van der Waals surface area contributed by atoms with Crippen LogP contribution in [0.2, 0.25) is 0 Å². The van der Waals surface area contributed by atoms with Crippen LogP contribution in [0.4, 0.5) is 30.7 Å². The smallest absolute Gasteiger partial charge is 0.477 e. The van der Waals surface area contributed by atoms with E-state index in [0.717, 1.165) is 0 Å². The fourth-order valence-corrected chi connectivity index (χ4v) is 2.15. The standard InChI is InChI=1S/C16H9F7O9/c17-8-3-7(31-15(21,22)23)5-11(12(8)13(24)25)29-9-2-1-6(30-14(18,19)20)4-10(9)32-16(26,27)28/h1-5,26-28H,(H,24,25). The SMILES string of the molecule is O=C(O)c1c(F)cc(OC(F)(F)F)cc1Oc1ccc(OC(F)(F)F)cc1OC(O)(O)O. The van der Waals surface area contributed by atoms with Gasteiger partial charge in [0.2, 0.25) is 0 Å². The summed E-state index contributed by atoms with van der Waals surface area (Å²) in [5, 5.41) is 35.8. The molecule has 0 atom stereocenters. The van der Waals surface area contributed by atoms with Gasteiger partial charge in [-0.1, -0.05) is 0 Å². The third-order valence-electron chi connectivity index (χ3n) is 3.09.